The van der Waals surface area contributed by atoms with Gasteiger partial charge in [0, 0.05) is 18.1 Å². The van der Waals surface area contributed by atoms with Crippen LogP contribution in [0.15, 0.2) is 42.7 Å². The van der Waals surface area contributed by atoms with Crippen LogP contribution >= 0.6 is 0 Å². The lowest BCUT2D eigenvalue weighted by molar-refractivity contribution is 0.0696. The Hall–Kier alpha value is -2.69. The van der Waals surface area contributed by atoms with E-state index >= 15 is 0 Å². The smallest absolute Gasteiger partial charge is 0.335 e. The minimum atomic E-state index is -0.992. The summed E-state index contributed by atoms with van der Waals surface area (Å²) in [5.41, 5.74) is 1.91. The van der Waals surface area contributed by atoms with Crippen molar-refractivity contribution in [1.82, 2.24) is 4.98 Å². The molecule has 1 aromatic carbocycles. The Bertz CT molecular complexity index is 624. The summed E-state index contributed by atoms with van der Waals surface area (Å²) in [4.78, 5) is 26.6. The maximum Gasteiger partial charge on any atom is 0.335 e. The highest BCUT2D eigenvalue weighted by atomic mass is 16.4. The molecule has 0 atom stereocenters. The van der Waals surface area contributed by atoms with Gasteiger partial charge in [0.25, 0.3) is 5.91 Å². The molecule has 0 bridgehead atoms. The van der Waals surface area contributed by atoms with Crippen LogP contribution < -0.4 is 5.32 Å². The third-order valence-electron chi connectivity index (χ3n) is 2.65. The van der Waals surface area contributed by atoms with Crippen molar-refractivity contribution < 1.29 is 14.7 Å². The normalized spacial score (nSPS) is 9.95. The van der Waals surface area contributed by atoms with Crippen molar-refractivity contribution in [2.24, 2.45) is 0 Å². The largest absolute Gasteiger partial charge is 0.478 e. The molecule has 2 aromatic rings. The molecule has 0 aliphatic heterocycles. The number of nitrogens with zero attached hydrogens (tertiary/aromatic N) is 1. The summed E-state index contributed by atoms with van der Waals surface area (Å²) in [6.45, 7) is 1.74. The highest BCUT2D eigenvalue weighted by Crippen LogP contribution is 2.17. The summed E-state index contributed by atoms with van der Waals surface area (Å²) in [6.07, 6.45) is 3.06. The van der Waals surface area contributed by atoms with E-state index in [1.165, 1.54) is 18.3 Å². The number of anilines is 1. The minimum absolute atomic E-state index is 0.192. The van der Waals surface area contributed by atoms with Gasteiger partial charge in [0.1, 0.15) is 0 Å². The van der Waals surface area contributed by atoms with Gasteiger partial charge in [0.05, 0.1) is 11.1 Å². The molecule has 5 heteroatoms. The molecule has 2 N–H and O–H groups in total. The van der Waals surface area contributed by atoms with Crippen LogP contribution in [-0.2, 0) is 0 Å². The number of carboxylic acids is 1. The van der Waals surface area contributed by atoms with Crippen LogP contribution in [0.3, 0.4) is 0 Å². The standard InChI is InChI=1S/C14H12N2O3/c1-9-7-10(14(18)19)4-5-12(9)16-13(17)11-3-2-6-15-8-11/h2-8H,1H3,(H,16,17)(H,18,19). The molecule has 0 unspecified atom stereocenters. The Morgan fingerprint density at radius 2 is 2.00 bits per heavy atom. The first-order chi connectivity index (χ1) is 9.08. The van der Waals surface area contributed by atoms with Gasteiger partial charge in [-0.15, -0.1) is 0 Å². The van der Waals surface area contributed by atoms with Crippen LogP contribution in [0.1, 0.15) is 26.3 Å². The van der Waals surface area contributed by atoms with Crippen LogP contribution in [0.5, 0.6) is 0 Å². The summed E-state index contributed by atoms with van der Waals surface area (Å²) < 4.78 is 0. The van der Waals surface area contributed by atoms with Crippen molar-refractivity contribution in [1.29, 1.82) is 0 Å². The fraction of sp³-hybridized carbons (Fsp3) is 0.0714. The number of aryl methyl sites for hydroxylation is 1. The number of hydrogen-bond acceptors (Lipinski definition) is 3. The lowest BCUT2D eigenvalue weighted by Gasteiger charge is -2.08. The van der Waals surface area contributed by atoms with E-state index in [-0.39, 0.29) is 11.5 Å². The Kier molecular flexibility index (Phi) is 3.56. The second-order valence-electron chi connectivity index (χ2n) is 4.03. The molecular formula is C14H12N2O3. The predicted octanol–water partition coefficient (Wildman–Crippen LogP) is 2.34. The van der Waals surface area contributed by atoms with Gasteiger partial charge < -0.3 is 10.4 Å². The predicted molar refractivity (Wildman–Crippen MR) is 70.3 cm³/mol. The summed E-state index contributed by atoms with van der Waals surface area (Å²) in [5.74, 6) is -1.27. The van der Waals surface area contributed by atoms with E-state index in [9.17, 15) is 9.59 Å². The molecule has 0 aliphatic rings. The molecule has 0 radical (unpaired) electrons. The van der Waals surface area contributed by atoms with Crippen LogP contribution in [0.4, 0.5) is 5.69 Å². The summed E-state index contributed by atoms with van der Waals surface area (Å²) in [7, 11) is 0. The molecule has 0 aliphatic carbocycles. The number of carbonyl (C=O) groups excluding carboxylic acids is 1. The van der Waals surface area contributed by atoms with Crippen molar-refractivity contribution in [3.8, 4) is 0 Å². The number of carbonyl (C=O) groups is 2. The topological polar surface area (TPSA) is 79.3 Å². The first-order valence-corrected chi connectivity index (χ1v) is 5.63. The number of rotatable bonds is 3. The highest BCUT2D eigenvalue weighted by molar-refractivity contribution is 6.04. The second kappa shape index (κ2) is 5.30. The summed E-state index contributed by atoms with van der Waals surface area (Å²) >= 11 is 0. The van der Waals surface area contributed by atoms with Gasteiger partial charge in [0.2, 0.25) is 0 Å². The molecule has 2 rings (SSSR count). The van der Waals surface area contributed by atoms with Crippen molar-refractivity contribution in [2.45, 2.75) is 6.92 Å². The fourth-order valence-electron chi connectivity index (χ4n) is 1.63. The van der Waals surface area contributed by atoms with Gasteiger partial charge in [-0.1, -0.05) is 0 Å². The summed E-state index contributed by atoms with van der Waals surface area (Å²) in [6, 6.07) is 7.88. The van der Waals surface area contributed by atoms with Crippen LogP contribution in [0.25, 0.3) is 0 Å². The number of aromatic carboxylic acids is 1. The van der Waals surface area contributed by atoms with E-state index in [4.69, 9.17) is 5.11 Å². The average molecular weight is 256 g/mol. The number of benzene rings is 1. The Labute approximate surface area is 109 Å². The Morgan fingerprint density at radius 1 is 1.21 bits per heavy atom. The molecule has 1 amide bonds. The molecule has 0 saturated heterocycles. The monoisotopic (exact) mass is 256 g/mol. The van der Waals surface area contributed by atoms with E-state index in [0.717, 1.165) is 0 Å². The molecule has 0 saturated carbocycles. The molecule has 5 nitrogen and oxygen atoms in total. The molecule has 0 spiro atoms. The van der Waals surface area contributed by atoms with E-state index in [1.54, 1.807) is 31.3 Å². The van der Waals surface area contributed by atoms with Crippen molar-refractivity contribution >= 4 is 17.6 Å². The van der Waals surface area contributed by atoms with Gasteiger partial charge in [-0.2, -0.15) is 0 Å². The van der Waals surface area contributed by atoms with Gasteiger partial charge >= 0.3 is 5.97 Å². The van der Waals surface area contributed by atoms with Crippen molar-refractivity contribution in [3.05, 3.63) is 59.4 Å². The first-order valence-electron chi connectivity index (χ1n) is 5.63. The number of amides is 1. The quantitative estimate of drug-likeness (QED) is 0.883. The molecule has 1 aromatic heterocycles. The second-order valence-corrected chi connectivity index (χ2v) is 4.03. The van der Waals surface area contributed by atoms with E-state index < -0.39 is 5.97 Å². The van der Waals surface area contributed by atoms with Gasteiger partial charge in [0.15, 0.2) is 0 Å². The Morgan fingerprint density at radius 3 is 2.58 bits per heavy atom. The number of pyridine rings is 1. The van der Waals surface area contributed by atoms with E-state index in [1.807, 2.05) is 0 Å². The van der Waals surface area contributed by atoms with E-state index in [2.05, 4.69) is 10.3 Å². The fourth-order valence-corrected chi connectivity index (χ4v) is 1.63. The molecule has 96 valence electrons. The van der Waals surface area contributed by atoms with Gasteiger partial charge in [-0.25, -0.2) is 4.79 Å². The average Bonchev–Trinajstić information content (AvgIpc) is 2.41. The first kappa shape index (κ1) is 12.8. The third kappa shape index (κ3) is 2.95. The molecule has 19 heavy (non-hydrogen) atoms. The number of nitrogens with one attached hydrogen (secondary N) is 1. The maximum absolute atomic E-state index is 11.9. The highest BCUT2D eigenvalue weighted by Gasteiger charge is 2.09. The van der Waals surface area contributed by atoms with Gasteiger partial charge in [-0.3, -0.25) is 9.78 Å². The molecular weight excluding hydrogens is 244 g/mol. The zero-order valence-electron chi connectivity index (χ0n) is 10.3. The van der Waals surface area contributed by atoms with E-state index in [0.29, 0.717) is 16.8 Å². The number of aromatic nitrogens is 1. The van der Waals surface area contributed by atoms with Crippen LogP contribution in [0, 0.1) is 6.92 Å². The summed E-state index contributed by atoms with van der Waals surface area (Å²) in [5, 5.41) is 11.6. The minimum Gasteiger partial charge on any atom is -0.478 e. The third-order valence-corrected chi connectivity index (χ3v) is 2.65. The van der Waals surface area contributed by atoms with Gasteiger partial charge in [-0.05, 0) is 42.8 Å². The lowest BCUT2D eigenvalue weighted by Crippen LogP contribution is -2.13. The Balaban J connectivity index is 2.20. The number of carboxylic acid groups (broad SMARTS) is 1. The van der Waals surface area contributed by atoms with Crippen LogP contribution in [-0.4, -0.2) is 22.0 Å². The van der Waals surface area contributed by atoms with Crippen molar-refractivity contribution in [3.63, 3.8) is 0 Å². The zero-order valence-corrected chi connectivity index (χ0v) is 10.3. The SMILES string of the molecule is Cc1cc(C(=O)O)ccc1NC(=O)c1cccnc1. The molecule has 1 heterocycles. The lowest BCUT2D eigenvalue weighted by atomic mass is 10.1. The molecule has 0 fully saturated rings. The zero-order chi connectivity index (χ0) is 13.8. The number of hydrogen-bond donors (Lipinski definition) is 2. The maximum atomic E-state index is 11.9. The van der Waals surface area contributed by atoms with Crippen molar-refractivity contribution in [2.75, 3.05) is 5.32 Å². The van der Waals surface area contributed by atoms with Crippen LogP contribution in [0.2, 0.25) is 0 Å².